The molecule has 106 valence electrons. The van der Waals surface area contributed by atoms with Crippen molar-refractivity contribution >= 4 is 17.3 Å². The van der Waals surface area contributed by atoms with Crippen LogP contribution in [0.3, 0.4) is 0 Å². The lowest BCUT2D eigenvalue weighted by atomic mass is 10.1. The van der Waals surface area contributed by atoms with Crippen molar-refractivity contribution in [3.63, 3.8) is 0 Å². The van der Waals surface area contributed by atoms with E-state index in [0.29, 0.717) is 5.88 Å². The Bertz CT molecular complexity index is 542. The molecule has 2 rings (SSSR count). The predicted octanol–water partition coefficient (Wildman–Crippen LogP) is 4.48. The van der Waals surface area contributed by atoms with Crippen LogP contribution in [0.5, 0.6) is 5.75 Å². The van der Waals surface area contributed by atoms with E-state index in [9.17, 15) is 0 Å². The van der Waals surface area contributed by atoms with E-state index in [-0.39, 0.29) is 0 Å². The molecule has 0 aliphatic heterocycles. The van der Waals surface area contributed by atoms with Crippen molar-refractivity contribution in [2.75, 3.05) is 18.3 Å². The number of rotatable bonds is 7. The van der Waals surface area contributed by atoms with E-state index in [4.69, 9.17) is 16.3 Å². The SMILES string of the molecule is COc1ccccc1CNc1cccc(CCCCl)c1. The average Bonchev–Trinajstić information content (AvgIpc) is 2.51. The molecule has 0 saturated heterocycles. The number of nitrogens with one attached hydrogen (secondary N) is 1. The Morgan fingerprint density at radius 1 is 1.10 bits per heavy atom. The highest BCUT2D eigenvalue weighted by Crippen LogP contribution is 2.19. The van der Waals surface area contributed by atoms with Gasteiger partial charge in [0.25, 0.3) is 0 Å². The lowest BCUT2D eigenvalue weighted by Crippen LogP contribution is -2.02. The second kappa shape index (κ2) is 7.81. The molecule has 0 heterocycles. The van der Waals surface area contributed by atoms with Crippen LogP contribution < -0.4 is 10.1 Å². The molecule has 0 spiro atoms. The highest BCUT2D eigenvalue weighted by atomic mass is 35.5. The van der Waals surface area contributed by atoms with Crippen molar-refractivity contribution < 1.29 is 4.74 Å². The first kappa shape index (κ1) is 14.7. The molecule has 0 unspecified atom stereocenters. The number of anilines is 1. The number of halogens is 1. The largest absolute Gasteiger partial charge is 0.496 e. The van der Waals surface area contributed by atoms with Gasteiger partial charge in [-0.15, -0.1) is 11.6 Å². The fourth-order valence-electron chi connectivity index (χ4n) is 2.15. The summed E-state index contributed by atoms with van der Waals surface area (Å²) in [6, 6.07) is 16.5. The van der Waals surface area contributed by atoms with E-state index in [1.54, 1.807) is 7.11 Å². The number of aryl methyl sites for hydroxylation is 1. The van der Waals surface area contributed by atoms with Gasteiger partial charge in [0, 0.05) is 23.7 Å². The zero-order chi connectivity index (χ0) is 14.2. The Balaban J connectivity index is 1.99. The predicted molar refractivity (Wildman–Crippen MR) is 85.8 cm³/mol. The standard InChI is InChI=1S/C17H20ClNO/c1-20-17-10-3-2-8-15(17)13-19-16-9-4-6-14(12-16)7-5-11-18/h2-4,6,8-10,12,19H,5,7,11,13H2,1H3. The molecule has 0 fully saturated rings. The van der Waals surface area contributed by atoms with E-state index in [2.05, 4.69) is 35.6 Å². The minimum atomic E-state index is 0.707. The molecule has 0 atom stereocenters. The third-order valence-corrected chi connectivity index (χ3v) is 3.47. The summed E-state index contributed by atoms with van der Waals surface area (Å²) >= 11 is 5.74. The minimum Gasteiger partial charge on any atom is -0.496 e. The van der Waals surface area contributed by atoms with Crippen LogP contribution in [0, 0.1) is 0 Å². The lowest BCUT2D eigenvalue weighted by Gasteiger charge is -2.11. The molecular weight excluding hydrogens is 270 g/mol. The van der Waals surface area contributed by atoms with Crippen molar-refractivity contribution in [2.24, 2.45) is 0 Å². The van der Waals surface area contributed by atoms with Gasteiger partial charge in [-0.25, -0.2) is 0 Å². The van der Waals surface area contributed by atoms with Gasteiger partial charge in [0.15, 0.2) is 0 Å². The molecule has 3 heteroatoms. The summed E-state index contributed by atoms with van der Waals surface area (Å²) < 4.78 is 5.36. The van der Waals surface area contributed by atoms with Gasteiger partial charge in [0.2, 0.25) is 0 Å². The Morgan fingerprint density at radius 2 is 1.95 bits per heavy atom. The maximum absolute atomic E-state index is 5.74. The van der Waals surface area contributed by atoms with Gasteiger partial charge in [0.1, 0.15) is 5.75 Å². The van der Waals surface area contributed by atoms with Gasteiger partial charge in [-0.1, -0.05) is 30.3 Å². The number of hydrogen-bond acceptors (Lipinski definition) is 2. The average molecular weight is 290 g/mol. The molecule has 20 heavy (non-hydrogen) atoms. The van der Waals surface area contributed by atoms with Crippen LogP contribution in [0.2, 0.25) is 0 Å². The van der Waals surface area contributed by atoms with E-state index in [1.807, 2.05) is 18.2 Å². The third-order valence-electron chi connectivity index (χ3n) is 3.20. The maximum atomic E-state index is 5.74. The summed E-state index contributed by atoms with van der Waals surface area (Å²) in [6.45, 7) is 0.753. The van der Waals surface area contributed by atoms with E-state index >= 15 is 0 Å². The Labute approximate surface area is 125 Å². The Morgan fingerprint density at radius 3 is 2.75 bits per heavy atom. The van der Waals surface area contributed by atoms with Crippen molar-refractivity contribution in [1.82, 2.24) is 0 Å². The molecule has 0 aliphatic carbocycles. The third kappa shape index (κ3) is 4.17. The van der Waals surface area contributed by atoms with Gasteiger partial charge in [-0.3, -0.25) is 0 Å². The summed E-state index contributed by atoms with van der Waals surface area (Å²) in [4.78, 5) is 0. The Kier molecular flexibility index (Phi) is 5.75. The smallest absolute Gasteiger partial charge is 0.123 e. The first-order chi connectivity index (χ1) is 9.83. The molecule has 0 saturated carbocycles. The molecule has 2 aromatic carbocycles. The van der Waals surface area contributed by atoms with Crippen LogP contribution in [0.1, 0.15) is 17.5 Å². The fraction of sp³-hybridized carbons (Fsp3) is 0.294. The van der Waals surface area contributed by atoms with Crippen LogP contribution in [-0.2, 0) is 13.0 Å². The quantitative estimate of drug-likeness (QED) is 0.759. The van der Waals surface area contributed by atoms with E-state index in [0.717, 1.165) is 36.4 Å². The molecular formula is C17H20ClNO. The zero-order valence-corrected chi connectivity index (χ0v) is 12.5. The van der Waals surface area contributed by atoms with Crippen molar-refractivity contribution in [3.8, 4) is 5.75 Å². The second-order valence-electron chi connectivity index (χ2n) is 4.66. The number of benzene rings is 2. The Hall–Kier alpha value is -1.67. The van der Waals surface area contributed by atoms with E-state index < -0.39 is 0 Å². The highest BCUT2D eigenvalue weighted by Gasteiger charge is 2.01. The summed E-state index contributed by atoms with van der Waals surface area (Å²) in [5, 5.41) is 3.44. The van der Waals surface area contributed by atoms with Crippen LogP contribution in [0.15, 0.2) is 48.5 Å². The number of hydrogen-bond donors (Lipinski definition) is 1. The molecule has 1 N–H and O–H groups in total. The van der Waals surface area contributed by atoms with Crippen molar-refractivity contribution in [1.29, 1.82) is 0 Å². The van der Waals surface area contributed by atoms with Crippen LogP contribution in [0.25, 0.3) is 0 Å². The number of alkyl halides is 1. The van der Waals surface area contributed by atoms with Gasteiger partial charge in [-0.2, -0.15) is 0 Å². The molecule has 2 aromatic rings. The first-order valence-electron chi connectivity index (χ1n) is 6.84. The molecule has 0 radical (unpaired) electrons. The molecule has 2 nitrogen and oxygen atoms in total. The summed E-state index contributed by atoms with van der Waals surface area (Å²) in [5.74, 6) is 1.62. The topological polar surface area (TPSA) is 21.3 Å². The molecule has 0 aromatic heterocycles. The second-order valence-corrected chi connectivity index (χ2v) is 5.04. The maximum Gasteiger partial charge on any atom is 0.123 e. The highest BCUT2D eigenvalue weighted by molar-refractivity contribution is 6.17. The molecule has 0 bridgehead atoms. The summed E-state index contributed by atoms with van der Waals surface area (Å²) in [6.07, 6.45) is 2.03. The lowest BCUT2D eigenvalue weighted by molar-refractivity contribution is 0.410. The van der Waals surface area contributed by atoms with Crippen LogP contribution >= 0.6 is 11.6 Å². The zero-order valence-electron chi connectivity index (χ0n) is 11.7. The van der Waals surface area contributed by atoms with Gasteiger partial charge in [-0.05, 0) is 36.6 Å². The summed E-state index contributed by atoms with van der Waals surface area (Å²) in [5.41, 5.74) is 3.60. The molecule has 0 amide bonds. The van der Waals surface area contributed by atoms with Crippen LogP contribution in [0.4, 0.5) is 5.69 Å². The molecule has 0 aliphatic rings. The minimum absolute atomic E-state index is 0.707. The normalized spacial score (nSPS) is 10.3. The van der Waals surface area contributed by atoms with Gasteiger partial charge >= 0.3 is 0 Å². The summed E-state index contributed by atoms with van der Waals surface area (Å²) in [7, 11) is 1.70. The van der Waals surface area contributed by atoms with Gasteiger partial charge < -0.3 is 10.1 Å². The van der Waals surface area contributed by atoms with E-state index in [1.165, 1.54) is 5.56 Å². The first-order valence-corrected chi connectivity index (χ1v) is 7.37. The van der Waals surface area contributed by atoms with Crippen molar-refractivity contribution in [3.05, 3.63) is 59.7 Å². The van der Waals surface area contributed by atoms with Gasteiger partial charge in [0.05, 0.1) is 7.11 Å². The number of ether oxygens (including phenoxy) is 1. The van der Waals surface area contributed by atoms with Crippen LogP contribution in [-0.4, -0.2) is 13.0 Å². The monoisotopic (exact) mass is 289 g/mol. The number of methoxy groups -OCH3 is 1. The van der Waals surface area contributed by atoms with Crippen molar-refractivity contribution in [2.45, 2.75) is 19.4 Å². The fourth-order valence-corrected chi connectivity index (χ4v) is 2.29. The number of para-hydroxylation sites is 1.